The Balaban J connectivity index is 2.10. The van der Waals surface area contributed by atoms with Crippen molar-refractivity contribution in [2.45, 2.75) is 43.2 Å². The van der Waals surface area contributed by atoms with Crippen LogP contribution in [-0.2, 0) is 0 Å². The molecule has 3 N–H and O–H groups in total. The van der Waals surface area contributed by atoms with Gasteiger partial charge < -0.3 is 10.8 Å². The van der Waals surface area contributed by atoms with Gasteiger partial charge in [0.25, 0.3) is 0 Å². The summed E-state index contributed by atoms with van der Waals surface area (Å²) in [4.78, 5) is 0. The second-order valence-corrected chi connectivity index (χ2v) is 4.97. The van der Waals surface area contributed by atoms with Gasteiger partial charge in [-0.1, -0.05) is 0 Å². The van der Waals surface area contributed by atoms with Gasteiger partial charge in [0.05, 0.1) is 5.60 Å². The van der Waals surface area contributed by atoms with Crippen molar-refractivity contribution < 1.29 is 5.11 Å². The molecule has 0 aliphatic heterocycles. The molecule has 4 aliphatic carbocycles. The first kappa shape index (κ1) is 6.44. The Morgan fingerprint density at radius 1 is 1.09 bits per heavy atom. The minimum absolute atomic E-state index is 0.180. The number of aliphatic hydroxyl groups is 1. The van der Waals surface area contributed by atoms with Crippen LogP contribution in [0.3, 0.4) is 0 Å². The standard InChI is InChI=1S/C9H15NO/c10-8-2-6-1-7(3-8)5-9(8,11)4-6/h6-7,11H,1-5,10H2. The molecule has 4 saturated carbocycles. The number of nitrogens with two attached hydrogens (primary N) is 1. The molecule has 4 fully saturated rings. The van der Waals surface area contributed by atoms with Gasteiger partial charge in [-0.25, -0.2) is 0 Å². The van der Waals surface area contributed by atoms with E-state index in [9.17, 15) is 5.11 Å². The fourth-order valence-electron chi connectivity index (χ4n) is 3.89. The fraction of sp³-hybridized carbons (Fsp3) is 1.00. The third-order valence-electron chi connectivity index (χ3n) is 4.15. The topological polar surface area (TPSA) is 46.2 Å². The van der Waals surface area contributed by atoms with E-state index in [1.54, 1.807) is 0 Å². The summed E-state index contributed by atoms with van der Waals surface area (Å²) in [5.41, 5.74) is 5.53. The molecule has 4 rings (SSSR count). The average Bonchev–Trinajstić information content (AvgIpc) is 2.07. The molecule has 62 valence electrons. The molecule has 0 radical (unpaired) electrons. The van der Waals surface area contributed by atoms with E-state index < -0.39 is 5.60 Å². The number of hydrogen-bond donors (Lipinski definition) is 2. The van der Waals surface area contributed by atoms with Crippen LogP contribution in [0.2, 0.25) is 0 Å². The highest BCUT2D eigenvalue weighted by atomic mass is 16.3. The molecular formula is C9H15NO. The van der Waals surface area contributed by atoms with Gasteiger partial charge >= 0.3 is 0 Å². The SMILES string of the molecule is NC12CC3CC(C1)CC2(O)C3. The van der Waals surface area contributed by atoms with E-state index in [-0.39, 0.29) is 5.54 Å². The summed E-state index contributed by atoms with van der Waals surface area (Å²) in [6.45, 7) is 0. The lowest BCUT2D eigenvalue weighted by molar-refractivity contribution is -0.00138. The molecule has 2 unspecified atom stereocenters. The maximum Gasteiger partial charge on any atom is 0.0831 e. The fourth-order valence-corrected chi connectivity index (χ4v) is 3.89. The van der Waals surface area contributed by atoms with Crippen molar-refractivity contribution in [2.75, 3.05) is 0 Å². The molecule has 2 nitrogen and oxygen atoms in total. The molecule has 0 aromatic rings. The number of rotatable bonds is 0. The summed E-state index contributed by atoms with van der Waals surface area (Å²) in [5, 5.41) is 10.2. The van der Waals surface area contributed by atoms with Gasteiger partial charge in [-0.15, -0.1) is 0 Å². The summed E-state index contributed by atoms with van der Waals surface area (Å²) >= 11 is 0. The number of hydrogen-bond acceptors (Lipinski definition) is 2. The van der Waals surface area contributed by atoms with Crippen molar-refractivity contribution in [1.82, 2.24) is 0 Å². The zero-order chi connectivity index (χ0) is 7.69. The molecule has 11 heavy (non-hydrogen) atoms. The first-order valence-electron chi connectivity index (χ1n) is 4.63. The highest BCUT2D eigenvalue weighted by molar-refractivity contribution is 5.20. The van der Waals surface area contributed by atoms with Crippen LogP contribution >= 0.6 is 0 Å². The van der Waals surface area contributed by atoms with Crippen molar-refractivity contribution in [3.8, 4) is 0 Å². The second kappa shape index (κ2) is 1.50. The van der Waals surface area contributed by atoms with Gasteiger partial charge in [-0.3, -0.25) is 0 Å². The normalized spacial score (nSPS) is 66.0. The minimum Gasteiger partial charge on any atom is -0.388 e. The second-order valence-electron chi connectivity index (χ2n) is 4.97. The van der Waals surface area contributed by atoms with Crippen molar-refractivity contribution in [3.05, 3.63) is 0 Å². The predicted octanol–water partition coefficient (Wildman–Crippen LogP) is 0.639. The third kappa shape index (κ3) is 0.574. The largest absolute Gasteiger partial charge is 0.388 e. The van der Waals surface area contributed by atoms with Gasteiger partial charge in [0, 0.05) is 5.54 Å². The highest BCUT2D eigenvalue weighted by Crippen LogP contribution is 2.61. The van der Waals surface area contributed by atoms with Gasteiger partial charge in [0.1, 0.15) is 0 Å². The molecule has 0 amide bonds. The molecule has 4 bridgehead atoms. The van der Waals surface area contributed by atoms with E-state index in [1.807, 2.05) is 0 Å². The van der Waals surface area contributed by atoms with Gasteiger partial charge in [-0.05, 0) is 43.9 Å². The summed E-state index contributed by atoms with van der Waals surface area (Å²) in [5.74, 6) is 1.50. The highest BCUT2D eigenvalue weighted by Gasteiger charge is 2.64. The van der Waals surface area contributed by atoms with Crippen LogP contribution in [0.4, 0.5) is 0 Å². The van der Waals surface area contributed by atoms with Gasteiger partial charge in [-0.2, -0.15) is 0 Å². The first-order chi connectivity index (χ1) is 5.11. The average molecular weight is 153 g/mol. The van der Waals surface area contributed by atoms with Crippen LogP contribution in [0.15, 0.2) is 0 Å². The lowest BCUT2D eigenvalue weighted by atomic mass is 9.81. The Morgan fingerprint density at radius 2 is 1.64 bits per heavy atom. The van der Waals surface area contributed by atoms with Crippen LogP contribution in [0.25, 0.3) is 0 Å². The van der Waals surface area contributed by atoms with E-state index in [1.165, 1.54) is 6.42 Å². The van der Waals surface area contributed by atoms with Crippen LogP contribution in [0.1, 0.15) is 32.1 Å². The Kier molecular flexibility index (Phi) is 0.879. The van der Waals surface area contributed by atoms with E-state index in [0.29, 0.717) is 0 Å². The molecule has 2 atom stereocenters. The van der Waals surface area contributed by atoms with E-state index >= 15 is 0 Å². The Labute approximate surface area is 66.8 Å². The smallest absolute Gasteiger partial charge is 0.0831 e. The maximum atomic E-state index is 10.2. The van der Waals surface area contributed by atoms with Crippen molar-refractivity contribution in [3.63, 3.8) is 0 Å². The molecule has 0 aromatic heterocycles. The Hall–Kier alpha value is -0.0800. The summed E-state index contributed by atoms with van der Waals surface area (Å²) in [6.07, 6.45) is 5.47. The third-order valence-corrected chi connectivity index (χ3v) is 4.15. The molecule has 0 spiro atoms. The zero-order valence-electron chi connectivity index (χ0n) is 6.71. The van der Waals surface area contributed by atoms with Crippen molar-refractivity contribution in [2.24, 2.45) is 17.6 Å². The lowest BCUT2D eigenvalue weighted by Crippen LogP contribution is -2.52. The van der Waals surface area contributed by atoms with E-state index in [0.717, 1.165) is 37.5 Å². The predicted molar refractivity (Wildman–Crippen MR) is 41.9 cm³/mol. The maximum absolute atomic E-state index is 10.2. The Morgan fingerprint density at radius 3 is 2.00 bits per heavy atom. The van der Waals surface area contributed by atoms with E-state index in [2.05, 4.69) is 0 Å². The van der Waals surface area contributed by atoms with Crippen molar-refractivity contribution in [1.29, 1.82) is 0 Å². The molecule has 0 heterocycles. The van der Waals surface area contributed by atoms with Crippen LogP contribution in [-0.4, -0.2) is 16.2 Å². The monoisotopic (exact) mass is 153 g/mol. The zero-order valence-corrected chi connectivity index (χ0v) is 6.71. The molecule has 0 aromatic carbocycles. The molecule has 4 aliphatic rings. The summed E-state index contributed by atoms with van der Waals surface area (Å²) in [6, 6.07) is 0. The van der Waals surface area contributed by atoms with Crippen molar-refractivity contribution >= 4 is 0 Å². The van der Waals surface area contributed by atoms with Gasteiger partial charge in [0.2, 0.25) is 0 Å². The quantitative estimate of drug-likeness (QED) is 0.536. The molecule has 2 heteroatoms. The van der Waals surface area contributed by atoms with Crippen LogP contribution < -0.4 is 5.73 Å². The summed E-state index contributed by atoms with van der Waals surface area (Å²) < 4.78 is 0. The van der Waals surface area contributed by atoms with Gasteiger partial charge in [0.15, 0.2) is 0 Å². The van der Waals surface area contributed by atoms with Crippen LogP contribution in [0, 0.1) is 11.8 Å². The summed E-state index contributed by atoms with van der Waals surface area (Å²) in [7, 11) is 0. The Bertz CT molecular complexity index is 180. The lowest BCUT2D eigenvalue weighted by Gasteiger charge is -2.32. The molecular weight excluding hydrogens is 138 g/mol. The minimum atomic E-state index is -0.458. The molecule has 0 saturated heterocycles. The van der Waals surface area contributed by atoms with Crippen LogP contribution in [0.5, 0.6) is 0 Å². The van der Waals surface area contributed by atoms with E-state index in [4.69, 9.17) is 5.73 Å². The first-order valence-corrected chi connectivity index (χ1v) is 4.63.